The zero-order valence-electron chi connectivity index (χ0n) is 13.8. The van der Waals surface area contributed by atoms with Gasteiger partial charge in [-0.25, -0.2) is 15.8 Å². The predicted octanol–water partition coefficient (Wildman–Crippen LogP) is 0.160. The van der Waals surface area contributed by atoms with Crippen LogP contribution in [0.2, 0.25) is 0 Å². The van der Waals surface area contributed by atoms with Gasteiger partial charge in [-0.05, 0) is 23.8 Å². The Labute approximate surface area is 146 Å². The second kappa shape index (κ2) is 7.16. The number of hydrogen-bond donors (Lipinski definition) is 4. The topological polar surface area (TPSA) is 84.6 Å². The van der Waals surface area contributed by atoms with Gasteiger partial charge in [0.15, 0.2) is 0 Å². The van der Waals surface area contributed by atoms with Crippen LogP contribution in [0.3, 0.4) is 0 Å². The zero-order valence-corrected chi connectivity index (χ0v) is 13.8. The lowest BCUT2D eigenvalue weighted by Gasteiger charge is -2.35. The molecule has 2 saturated heterocycles. The number of anilines is 1. The third-order valence-electron chi connectivity index (χ3n) is 4.54. The summed E-state index contributed by atoms with van der Waals surface area (Å²) < 4.78 is 0. The van der Waals surface area contributed by atoms with Crippen LogP contribution in [0, 0.1) is 0 Å². The number of nitrogens with zero attached hydrogens (tertiary/aromatic N) is 3. The van der Waals surface area contributed by atoms with E-state index in [1.165, 1.54) is 0 Å². The highest BCUT2D eigenvalue weighted by atomic mass is 16.2. The van der Waals surface area contributed by atoms with Gasteiger partial charge in [-0.15, -0.1) is 0 Å². The molecule has 0 spiro atoms. The first kappa shape index (κ1) is 16.0. The van der Waals surface area contributed by atoms with E-state index in [1.807, 2.05) is 47.4 Å². The van der Waals surface area contributed by atoms with Gasteiger partial charge in [-0.2, -0.15) is 11.1 Å². The molecule has 130 valence electrons. The van der Waals surface area contributed by atoms with E-state index >= 15 is 0 Å². The number of benzene rings is 1. The summed E-state index contributed by atoms with van der Waals surface area (Å²) >= 11 is 0. The van der Waals surface area contributed by atoms with Crippen molar-refractivity contribution < 1.29 is 4.79 Å². The van der Waals surface area contributed by atoms with E-state index in [1.54, 1.807) is 6.20 Å². The van der Waals surface area contributed by atoms with Crippen LogP contribution in [0.5, 0.6) is 0 Å². The van der Waals surface area contributed by atoms with Crippen LogP contribution in [0.4, 0.5) is 5.82 Å². The highest BCUT2D eigenvalue weighted by molar-refractivity contribution is 5.96. The maximum atomic E-state index is 13.0. The Balaban J connectivity index is 1.46. The van der Waals surface area contributed by atoms with Crippen molar-refractivity contribution in [2.45, 2.75) is 6.17 Å². The first-order valence-corrected chi connectivity index (χ1v) is 8.38. The first-order chi connectivity index (χ1) is 12.3. The summed E-state index contributed by atoms with van der Waals surface area (Å²) in [5.41, 5.74) is 13.3. The van der Waals surface area contributed by atoms with Crippen LogP contribution < -0.4 is 26.8 Å². The third kappa shape index (κ3) is 3.33. The quantitative estimate of drug-likeness (QED) is 0.634. The fourth-order valence-electron chi connectivity index (χ4n) is 3.20. The Hall–Kier alpha value is -2.52. The number of rotatable bonds is 3. The average Bonchev–Trinajstić information content (AvgIpc) is 3.23. The van der Waals surface area contributed by atoms with E-state index in [2.05, 4.69) is 31.8 Å². The number of amides is 1. The molecule has 2 fully saturated rings. The van der Waals surface area contributed by atoms with E-state index in [4.69, 9.17) is 0 Å². The minimum atomic E-state index is -0.157. The SMILES string of the molecule is O=C(c1ccccc1C1NNNN1)N1CCN(c2ccccn2)CC1. The second-order valence-electron chi connectivity index (χ2n) is 6.03. The minimum absolute atomic E-state index is 0.0618. The maximum Gasteiger partial charge on any atom is 0.254 e. The number of pyridine rings is 1. The lowest BCUT2D eigenvalue weighted by atomic mass is 10.0. The molecule has 2 aliphatic rings. The number of carbonyl (C=O) groups is 1. The van der Waals surface area contributed by atoms with Crippen LogP contribution in [-0.4, -0.2) is 42.0 Å². The Kier molecular flexibility index (Phi) is 4.57. The smallest absolute Gasteiger partial charge is 0.254 e. The van der Waals surface area contributed by atoms with E-state index in [0.717, 1.165) is 24.5 Å². The van der Waals surface area contributed by atoms with Gasteiger partial charge >= 0.3 is 0 Å². The molecule has 1 aromatic carbocycles. The molecular weight excluding hydrogens is 318 g/mol. The van der Waals surface area contributed by atoms with E-state index < -0.39 is 0 Å². The summed E-state index contributed by atoms with van der Waals surface area (Å²) in [7, 11) is 0. The Morgan fingerprint density at radius 2 is 1.68 bits per heavy atom. The number of hydrogen-bond acceptors (Lipinski definition) is 7. The molecule has 8 heteroatoms. The molecule has 8 nitrogen and oxygen atoms in total. The van der Waals surface area contributed by atoms with E-state index in [-0.39, 0.29) is 12.1 Å². The molecule has 3 heterocycles. The normalized spacial score (nSPS) is 18.6. The van der Waals surface area contributed by atoms with Crippen molar-refractivity contribution in [3.05, 3.63) is 59.8 Å². The number of hydrazine groups is 3. The zero-order chi connectivity index (χ0) is 17.1. The van der Waals surface area contributed by atoms with Crippen LogP contribution in [0.25, 0.3) is 0 Å². The van der Waals surface area contributed by atoms with Crippen molar-refractivity contribution in [1.29, 1.82) is 0 Å². The lowest BCUT2D eigenvalue weighted by Crippen LogP contribution is -2.49. The summed E-state index contributed by atoms with van der Waals surface area (Å²) in [6.45, 7) is 2.94. The molecule has 25 heavy (non-hydrogen) atoms. The van der Waals surface area contributed by atoms with Gasteiger partial charge in [-0.1, -0.05) is 24.3 Å². The second-order valence-corrected chi connectivity index (χ2v) is 6.03. The molecule has 2 aliphatic heterocycles. The average molecular weight is 339 g/mol. The molecule has 4 rings (SSSR count). The number of piperazine rings is 1. The van der Waals surface area contributed by atoms with Crippen molar-refractivity contribution in [2.75, 3.05) is 31.1 Å². The number of nitrogens with one attached hydrogen (secondary N) is 4. The largest absolute Gasteiger partial charge is 0.353 e. The molecule has 0 bridgehead atoms. The van der Waals surface area contributed by atoms with Gasteiger partial charge in [0.05, 0.1) is 0 Å². The summed E-state index contributed by atoms with van der Waals surface area (Å²) in [4.78, 5) is 21.5. The fraction of sp³-hybridized carbons (Fsp3) is 0.294. The van der Waals surface area contributed by atoms with Crippen LogP contribution >= 0.6 is 0 Å². The molecule has 4 N–H and O–H groups in total. The summed E-state index contributed by atoms with van der Waals surface area (Å²) in [6.07, 6.45) is 1.64. The van der Waals surface area contributed by atoms with Gasteiger partial charge in [0.1, 0.15) is 12.0 Å². The highest BCUT2D eigenvalue weighted by Gasteiger charge is 2.27. The summed E-state index contributed by atoms with van der Waals surface area (Å²) in [5, 5.41) is 0. The Bertz CT molecular complexity index is 725. The van der Waals surface area contributed by atoms with Gasteiger partial charge in [0, 0.05) is 37.9 Å². The third-order valence-corrected chi connectivity index (χ3v) is 4.54. The predicted molar refractivity (Wildman–Crippen MR) is 94.1 cm³/mol. The van der Waals surface area contributed by atoms with Gasteiger partial charge < -0.3 is 9.80 Å². The molecule has 0 saturated carbocycles. The minimum Gasteiger partial charge on any atom is -0.353 e. The van der Waals surface area contributed by atoms with Crippen molar-refractivity contribution in [2.24, 2.45) is 0 Å². The van der Waals surface area contributed by atoms with Gasteiger partial charge in [0.25, 0.3) is 5.91 Å². The van der Waals surface area contributed by atoms with Crippen molar-refractivity contribution in [3.63, 3.8) is 0 Å². The van der Waals surface area contributed by atoms with Gasteiger partial charge in [-0.3, -0.25) is 4.79 Å². The monoisotopic (exact) mass is 339 g/mol. The Morgan fingerprint density at radius 1 is 0.960 bits per heavy atom. The van der Waals surface area contributed by atoms with E-state index in [0.29, 0.717) is 18.7 Å². The van der Waals surface area contributed by atoms with Crippen molar-refractivity contribution >= 4 is 11.7 Å². The molecule has 0 atom stereocenters. The highest BCUT2D eigenvalue weighted by Crippen LogP contribution is 2.20. The lowest BCUT2D eigenvalue weighted by molar-refractivity contribution is 0.0744. The molecular formula is C17H21N7O. The van der Waals surface area contributed by atoms with Crippen molar-refractivity contribution in [3.8, 4) is 0 Å². The summed E-state index contributed by atoms with van der Waals surface area (Å²) in [6, 6.07) is 13.6. The standard InChI is InChI=1S/C17H21N7O/c25-17(14-6-2-1-5-13(14)16-19-21-22-20-16)24-11-9-23(10-12-24)15-7-3-4-8-18-15/h1-8,16,19-22H,9-12H2. The molecule has 1 aromatic heterocycles. The van der Waals surface area contributed by atoms with Crippen LogP contribution in [0.1, 0.15) is 22.1 Å². The summed E-state index contributed by atoms with van der Waals surface area (Å²) in [5.74, 6) is 1.03. The van der Waals surface area contributed by atoms with E-state index in [9.17, 15) is 4.79 Å². The molecule has 0 radical (unpaired) electrons. The van der Waals surface area contributed by atoms with Crippen LogP contribution in [0.15, 0.2) is 48.7 Å². The Morgan fingerprint density at radius 3 is 2.40 bits per heavy atom. The fourth-order valence-corrected chi connectivity index (χ4v) is 3.20. The van der Waals surface area contributed by atoms with Gasteiger partial charge in [0.2, 0.25) is 0 Å². The molecule has 1 amide bonds. The number of carbonyl (C=O) groups excluding carboxylic acids is 1. The molecule has 2 aromatic rings. The number of aromatic nitrogens is 1. The first-order valence-electron chi connectivity index (χ1n) is 8.38. The maximum absolute atomic E-state index is 13.0. The van der Waals surface area contributed by atoms with Crippen molar-refractivity contribution in [1.82, 2.24) is 31.8 Å². The molecule has 0 unspecified atom stereocenters. The van der Waals surface area contributed by atoms with Crippen LogP contribution in [-0.2, 0) is 0 Å². The molecule has 0 aliphatic carbocycles.